The van der Waals surface area contributed by atoms with Crippen molar-refractivity contribution >= 4 is 29.6 Å². The SMILES string of the molecule is CCCCNc1nc(Cl)nc(N(OC)C(=O)OC)n1. The first kappa shape index (κ1) is 15.4. The highest BCUT2D eigenvalue weighted by Gasteiger charge is 2.21. The summed E-state index contributed by atoms with van der Waals surface area (Å²) >= 11 is 5.78. The number of rotatable bonds is 6. The molecule has 0 radical (unpaired) electrons. The fourth-order valence-corrected chi connectivity index (χ4v) is 1.36. The highest BCUT2D eigenvalue weighted by atomic mass is 35.5. The topological polar surface area (TPSA) is 89.5 Å². The summed E-state index contributed by atoms with van der Waals surface area (Å²) in [6.45, 7) is 2.76. The molecule has 19 heavy (non-hydrogen) atoms. The van der Waals surface area contributed by atoms with Gasteiger partial charge in [0, 0.05) is 6.54 Å². The summed E-state index contributed by atoms with van der Waals surface area (Å²) in [5.74, 6) is 0.225. The zero-order chi connectivity index (χ0) is 14.3. The lowest BCUT2D eigenvalue weighted by atomic mass is 10.3. The zero-order valence-corrected chi connectivity index (χ0v) is 11.8. The molecule has 0 fully saturated rings. The molecule has 106 valence electrons. The van der Waals surface area contributed by atoms with Crippen LogP contribution in [0.25, 0.3) is 0 Å². The third-order valence-corrected chi connectivity index (χ3v) is 2.28. The number of amides is 1. The molecule has 1 amide bonds. The van der Waals surface area contributed by atoms with Crippen molar-refractivity contribution in [1.29, 1.82) is 0 Å². The van der Waals surface area contributed by atoms with E-state index in [1.54, 1.807) is 0 Å². The molecule has 0 atom stereocenters. The van der Waals surface area contributed by atoms with Gasteiger partial charge in [-0.25, -0.2) is 4.79 Å². The minimum absolute atomic E-state index is 0.0463. The van der Waals surface area contributed by atoms with E-state index in [0.29, 0.717) is 6.54 Å². The summed E-state index contributed by atoms with van der Waals surface area (Å²) in [5.41, 5.74) is 0. The Morgan fingerprint density at radius 1 is 1.37 bits per heavy atom. The number of carbonyl (C=O) groups excluding carboxylic acids is 1. The number of unbranched alkanes of at least 4 members (excludes halogenated alkanes) is 1. The van der Waals surface area contributed by atoms with Gasteiger partial charge >= 0.3 is 6.09 Å². The van der Waals surface area contributed by atoms with Gasteiger partial charge in [-0.3, -0.25) is 4.84 Å². The second-order valence-corrected chi connectivity index (χ2v) is 3.79. The lowest BCUT2D eigenvalue weighted by Gasteiger charge is -2.16. The maximum absolute atomic E-state index is 11.4. The maximum atomic E-state index is 11.4. The first-order chi connectivity index (χ1) is 9.12. The molecular weight excluding hydrogens is 274 g/mol. The van der Waals surface area contributed by atoms with Crippen LogP contribution in [0.15, 0.2) is 0 Å². The molecule has 1 N–H and O–H groups in total. The third kappa shape index (κ3) is 4.49. The van der Waals surface area contributed by atoms with Crippen molar-refractivity contribution in [2.75, 3.05) is 31.1 Å². The van der Waals surface area contributed by atoms with Crippen LogP contribution in [0, 0.1) is 0 Å². The van der Waals surface area contributed by atoms with Crippen LogP contribution in [-0.4, -0.2) is 41.8 Å². The molecule has 0 aliphatic rings. The number of hydrogen-bond acceptors (Lipinski definition) is 7. The molecule has 0 aliphatic heterocycles. The molecule has 0 bridgehead atoms. The van der Waals surface area contributed by atoms with Gasteiger partial charge in [0.1, 0.15) is 0 Å². The van der Waals surface area contributed by atoms with E-state index < -0.39 is 6.09 Å². The summed E-state index contributed by atoms with van der Waals surface area (Å²) in [4.78, 5) is 28.0. The number of hydrogen-bond donors (Lipinski definition) is 1. The summed E-state index contributed by atoms with van der Waals surface area (Å²) in [6.07, 6.45) is 1.23. The molecule has 0 unspecified atom stereocenters. The predicted octanol–water partition coefficient (Wildman–Crippen LogP) is 1.87. The van der Waals surface area contributed by atoms with E-state index in [-0.39, 0.29) is 17.2 Å². The standard InChI is InChI=1S/C10H16ClN5O3/c1-4-5-6-12-8-13-7(11)14-9(15-8)16(19-3)10(17)18-2/h4-6H2,1-3H3,(H,12,13,14,15). The Bertz CT molecular complexity index is 432. The van der Waals surface area contributed by atoms with Gasteiger partial charge in [-0.05, 0) is 18.0 Å². The lowest BCUT2D eigenvalue weighted by Crippen LogP contribution is -2.31. The molecular formula is C10H16ClN5O3. The Kier molecular flexibility index (Phi) is 6.23. The number of nitrogens with zero attached hydrogens (tertiary/aromatic N) is 4. The lowest BCUT2D eigenvalue weighted by molar-refractivity contribution is 0.113. The summed E-state index contributed by atoms with van der Waals surface area (Å²) < 4.78 is 4.53. The number of nitrogens with one attached hydrogen (secondary N) is 1. The summed E-state index contributed by atoms with van der Waals surface area (Å²) in [7, 11) is 2.51. The number of aromatic nitrogens is 3. The van der Waals surface area contributed by atoms with Crippen LogP contribution >= 0.6 is 11.6 Å². The van der Waals surface area contributed by atoms with Crippen molar-refractivity contribution in [3.63, 3.8) is 0 Å². The van der Waals surface area contributed by atoms with E-state index in [1.807, 2.05) is 0 Å². The average molecular weight is 290 g/mol. The maximum Gasteiger partial charge on any atom is 0.441 e. The number of hydroxylamine groups is 1. The van der Waals surface area contributed by atoms with E-state index in [1.165, 1.54) is 14.2 Å². The van der Waals surface area contributed by atoms with Crippen LogP contribution in [0.2, 0.25) is 5.28 Å². The molecule has 9 heteroatoms. The van der Waals surface area contributed by atoms with Crippen LogP contribution in [0.4, 0.5) is 16.7 Å². The highest BCUT2D eigenvalue weighted by molar-refractivity contribution is 6.28. The van der Waals surface area contributed by atoms with E-state index in [2.05, 4.69) is 31.9 Å². The number of ether oxygens (including phenoxy) is 1. The molecule has 1 rings (SSSR count). The van der Waals surface area contributed by atoms with Crippen molar-refractivity contribution < 1.29 is 14.4 Å². The van der Waals surface area contributed by atoms with Gasteiger partial charge in [0.05, 0.1) is 14.2 Å². The Labute approximate surface area is 116 Å². The van der Waals surface area contributed by atoms with Crippen molar-refractivity contribution in [3.8, 4) is 0 Å². The van der Waals surface area contributed by atoms with E-state index in [9.17, 15) is 4.79 Å². The molecule has 0 spiro atoms. The highest BCUT2D eigenvalue weighted by Crippen LogP contribution is 2.14. The molecule has 0 aliphatic carbocycles. The smallest absolute Gasteiger partial charge is 0.441 e. The summed E-state index contributed by atoms with van der Waals surface area (Å²) in [5, 5.41) is 3.71. The second-order valence-electron chi connectivity index (χ2n) is 3.46. The summed E-state index contributed by atoms with van der Waals surface area (Å²) in [6, 6.07) is 0. The number of halogens is 1. The number of methoxy groups -OCH3 is 1. The van der Waals surface area contributed by atoms with Crippen molar-refractivity contribution in [2.24, 2.45) is 0 Å². The van der Waals surface area contributed by atoms with E-state index in [4.69, 9.17) is 16.4 Å². The van der Waals surface area contributed by atoms with Gasteiger partial charge < -0.3 is 10.1 Å². The minimum atomic E-state index is -0.760. The predicted molar refractivity (Wildman–Crippen MR) is 70.1 cm³/mol. The van der Waals surface area contributed by atoms with Crippen LogP contribution in [0.1, 0.15) is 19.8 Å². The second kappa shape index (κ2) is 7.70. The van der Waals surface area contributed by atoms with Crippen LogP contribution < -0.4 is 10.4 Å². The molecule has 0 saturated heterocycles. The molecule has 0 aromatic carbocycles. The molecule has 0 saturated carbocycles. The van der Waals surface area contributed by atoms with Gasteiger partial charge in [0.15, 0.2) is 0 Å². The van der Waals surface area contributed by atoms with Gasteiger partial charge in [0.25, 0.3) is 5.95 Å². The zero-order valence-electron chi connectivity index (χ0n) is 11.0. The Hall–Kier alpha value is -1.67. The van der Waals surface area contributed by atoms with Gasteiger partial charge in [0.2, 0.25) is 11.2 Å². The molecule has 1 heterocycles. The Balaban J connectivity index is 2.91. The van der Waals surface area contributed by atoms with Gasteiger partial charge in [-0.2, -0.15) is 15.0 Å². The minimum Gasteiger partial charge on any atom is -0.451 e. The first-order valence-corrected chi connectivity index (χ1v) is 6.07. The fourth-order valence-electron chi connectivity index (χ4n) is 1.21. The van der Waals surface area contributed by atoms with Crippen molar-refractivity contribution in [2.45, 2.75) is 19.8 Å². The molecule has 1 aromatic rings. The van der Waals surface area contributed by atoms with Gasteiger partial charge in [-0.1, -0.05) is 13.3 Å². The van der Waals surface area contributed by atoms with Crippen LogP contribution in [0.3, 0.4) is 0 Å². The Morgan fingerprint density at radius 2 is 2.11 bits per heavy atom. The fraction of sp³-hybridized carbons (Fsp3) is 0.600. The van der Waals surface area contributed by atoms with Gasteiger partial charge in [-0.15, -0.1) is 5.06 Å². The molecule has 1 aromatic heterocycles. The van der Waals surface area contributed by atoms with Crippen LogP contribution in [-0.2, 0) is 9.57 Å². The third-order valence-electron chi connectivity index (χ3n) is 2.11. The Morgan fingerprint density at radius 3 is 2.68 bits per heavy atom. The average Bonchev–Trinajstić information content (AvgIpc) is 2.39. The molecule has 8 nitrogen and oxygen atoms in total. The quantitative estimate of drug-likeness (QED) is 0.631. The normalized spacial score (nSPS) is 10.1. The monoisotopic (exact) mass is 289 g/mol. The van der Waals surface area contributed by atoms with Crippen molar-refractivity contribution in [1.82, 2.24) is 15.0 Å². The van der Waals surface area contributed by atoms with Crippen LogP contribution in [0.5, 0.6) is 0 Å². The van der Waals surface area contributed by atoms with E-state index >= 15 is 0 Å². The number of carbonyl (C=O) groups is 1. The largest absolute Gasteiger partial charge is 0.451 e. The van der Waals surface area contributed by atoms with E-state index in [0.717, 1.165) is 17.9 Å². The first-order valence-electron chi connectivity index (χ1n) is 5.70. The number of anilines is 2. The van der Waals surface area contributed by atoms with Crippen molar-refractivity contribution in [3.05, 3.63) is 5.28 Å².